The third kappa shape index (κ3) is 4.77. The molecule has 1 atom stereocenters. The molecule has 0 aliphatic carbocycles. The largest absolute Gasteiger partial charge is 0.355 e. The van der Waals surface area contributed by atoms with Crippen LogP contribution in [0.25, 0.3) is 0 Å². The molecule has 4 heteroatoms. The van der Waals surface area contributed by atoms with Crippen molar-refractivity contribution in [1.82, 2.24) is 10.6 Å². The van der Waals surface area contributed by atoms with Crippen LogP contribution < -0.4 is 10.6 Å². The number of amides is 1. The average molecular weight is 240 g/mol. The Kier molecular flexibility index (Phi) is 5.49. The van der Waals surface area contributed by atoms with Crippen molar-refractivity contribution in [2.45, 2.75) is 26.8 Å². The van der Waals surface area contributed by atoms with E-state index in [-0.39, 0.29) is 11.9 Å². The number of carbonyl (C=O) groups excluding carboxylic acids is 1. The van der Waals surface area contributed by atoms with Crippen molar-refractivity contribution < 1.29 is 4.79 Å². The average Bonchev–Trinajstić information content (AvgIpc) is 2.76. The SMILES string of the molecule is CC(C)CNC(=O)CN[C@@H](C)c1cccs1. The molecule has 0 unspecified atom stereocenters. The number of thiophene rings is 1. The molecule has 1 amide bonds. The summed E-state index contributed by atoms with van der Waals surface area (Å²) in [5.74, 6) is 0.566. The number of nitrogens with one attached hydrogen (secondary N) is 2. The van der Waals surface area contributed by atoms with E-state index in [1.165, 1.54) is 4.88 Å². The van der Waals surface area contributed by atoms with Gasteiger partial charge in [-0.25, -0.2) is 0 Å². The van der Waals surface area contributed by atoms with Gasteiger partial charge in [0.1, 0.15) is 0 Å². The Bertz CT molecular complexity index is 309. The second-order valence-corrected chi connectivity index (χ2v) is 5.30. The minimum Gasteiger partial charge on any atom is -0.355 e. The van der Waals surface area contributed by atoms with Crippen LogP contribution in [-0.2, 0) is 4.79 Å². The first kappa shape index (κ1) is 13.2. The smallest absolute Gasteiger partial charge is 0.233 e. The lowest BCUT2D eigenvalue weighted by atomic mass is 10.2. The first-order valence-corrected chi connectivity index (χ1v) is 6.51. The van der Waals surface area contributed by atoms with Gasteiger partial charge in [0.25, 0.3) is 0 Å². The van der Waals surface area contributed by atoms with Crippen molar-refractivity contribution in [3.05, 3.63) is 22.4 Å². The zero-order chi connectivity index (χ0) is 12.0. The lowest BCUT2D eigenvalue weighted by Crippen LogP contribution is -2.36. The van der Waals surface area contributed by atoms with Crippen LogP contribution in [-0.4, -0.2) is 19.0 Å². The van der Waals surface area contributed by atoms with Crippen molar-refractivity contribution in [1.29, 1.82) is 0 Å². The molecule has 0 saturated heterocycles. The van der Waals surface area contributed by atoms with Crippen molar-refractivity contribution >= 4 is 17.2 Å². The quantitative estimate of drug-likeness (QED) is 0.800. The van der Waals surface area contributed by atoms with Crippen LogP contribution >= 0.6 is 11.3 Å². The highest BCUT2D eigenvalue weighted by molar-refractivity contribution is 7.10. The van der Waals surface area contributed by atoms with Gasteiger partial charge in [-0.3, -0.25) is 4.79 Å². The fraction of sp³-hybridized carbons (Fsp3) is 0.583. The summed E-state index contributed by atoms with van der Waals surface area (Å²) < 4.78 is 0. The van der Waals surface area contributed by atoms with Gasteiger partial charge in [-0.2, -0.15) is 0 Å². The van der Waals surface area contributed by atoms with Gasteiger partial charge in [0.05, 0.1) is 6.54 Å². The van der Waals surface area contributed by atoms with Gasteiger partial charge in [0.15, 0.2) is 0 Å². The van der Waals surface area contributed by atoms with Crippen molar-refractivity contribution in [2.75, 3.05) is 13.1 Å². The van der Waals surface area contributed by atoms with E-state index in [4.69, 9.17) is 0 Å². The van der Waals surface area contributed by atoms with Crippen LogP contribution in [0.5, 0.6) is 0 Å². The maximum atomic E-state index is 11.5. The predicted molar refractivity (Wildman–Crippen MR) is 68.6 cm³/mol. The third-order valence-corrected chi connectivity index (χ3v) is 3.30. The molecule has 0 aliphatic rings. The van der Waals surface area contributed by atoms with Crippen LogP contribution in [0.2, 0.25) is 0 Å². The molecule has 1 aromatic heterocycles. The Morgan fingerprint density at radius 2 is 2.19 bits per heavy atom. The summed E-state index contributed by atoms with van der Waals surface area (Å²) in [6.07, 6.45) is 0. The molecule has 1 aromatic rings. The lowest BCUT2D eigenvalue weighted by molar-refractivity contribution is -0.120. The van der Waals surface area contributed by atoms with E-state index in [9.17, 15) is 4.79 Å². The molecular formula is C12H20N2OS. The first-order valence-electron chi connectivity index (χ1n) is 5.63. The van der Waals surface area contributed by atoms with E-state index in [0.29, 0.717) is 12.5 Å². The van der Waals surface area contributed by atoms with Crippen LogP contribution in [0.15, 0.2) is 17.5 Å². The molecule has 3 nitrogen and oxygen atoms in total. The Morgan fingerprint density at radius 1 is 1.44 bits per heavy atom. The molecule has 0 aliphatic heterocycles. The Morgan fingerprint density at radius 3 is 2.75 bits per heavy atom. The van der Waals surface area contributed by atoms with E-state index in [1.54, 1.807) is 11.3 Å². The predicted octanol–water partition coefficient (Wildman–Crippen LogP) is 2.17. The van der Waals surface area contributed by atoms with Crippen LogP contribution in [0.3, 0.4) is 0 Å². The Labute approximate surface area is 101 Å². The first-order chi connectivity index (χ1) is 7.59. The van der Waals surface area contributed by atoms with Gasteiger partial charge in [-0.15, -0.1) is 11.3 Å². The Hall–Kier alpha value is -0.870. The van der Waals surface area contributed by atoms with Gasteiger partial charge in [0, 0.05) is 17.5 Å². The third-order valence-electron chi connectivity index (χ3n) is 2.25. The maximum Gasteiger partial charge on any atom is 0.233 e. The van der Waals surface area contributed by atoms with Crippen LogP contribution in [0.1, 0.15) is 31.7 Å². The fourth-order valence-corrected chi connectivity index (χ4v) is 2.02. The fourth-order valence-electron chi connectivity index (χ4n) is 1.26. The summed E-state index contributed by atoms with van der Waals surface area (Å²) in [5, 5.41) is 8.14. The molecule has 0 fully saturated rings. The molecule has 0 aromatic carbocycles. The molecule has 1 rings (SSSR count). The highest BCUT2D eigenvalue weighted by atomic mass is 32.1. The molecule has 90 valence electrons. The van der Waals surface area contributed by atoms with E-state index in [2.05, 4.69) is 37.5 Å². The number of hydrogen-bond donors (Lipinski definition) is 2. The lowest BCUT2D eigenvalue weighted by Gasteiger charge is -2.12. The standard InChI is InChI=1S/C12H20N2OS/c1-9(2)7-14-12(15)8-13-10(3)11-5-4-6-16-11/h4-6,9-10,13H,7-8H2,1-3H3,(H,14,15)/t10-/m0/s1. The topological polar surface area (TPSA) is 41.1 Å². The van der Waals surface area contributed by atoms with Gasteiger partial charge < -0.3 is 10.6 Å². The molecule has 2 N–H and O–H groups in total. The zero-order valence-corrected chi connectivity index (χ0v) is 10.9. The van der Waals surface area contributed by atoms with E-state index < -0.39 is 0 Å². The van der Waals surface area contributed by atoms with E-state index in [0.717, 1.165) is 6.54 Å². The molecule has 0 bridgehead atoms. The molecule has 0 radical (unpaired) electrons. The van der Waals surface area contributed by atoms with Crippen molar-refractivity contribution in [3.63, 3.8) is 0 Å². The van der Waals surface area contributed by atoms with Crippen molar-refractivity contribution in [3.8, 4) is 0 Å². The number of carbonyl (C=O) groups is 1. The maximum absolute atomic E-state index is 11.5. The molecule has 16 heavy (non-hydrogen) atoms. The summed E-state index contributed by atoms with van der Waals surface area (Å²) in [7, 11) is 0. The zero-order valence-electron chi connectivity index (χ0n) is 10.1. The van der Waals surface area contributed by atoms with Crippen molar-refractivity contribution in [2.24, 2.45) is 5.92 Å². The second kappa shape index (κ2) is 6.66. The minimum atomic E-state index is 0.0668. The Balaban J connectivity index is 2.21. The van der Waals surface area contributed by atoms with Gasteiger partial charge in [0.2, 0.25) is 5.91 Å². The van der Waals surface area contributed by atoms with Crippen LogP contribution in [0, 0.1) is 5.92 Å². The minimum absolute atomic E-state index is 0.0668. The molecule has 0 spiro atoms. The summed E-state index contributed by atoms with van der Waals surface area (Å²) in [4.78, 5) is 12.7. The summed E-state index contributed by atoms with van der Waals surface area (Å²) >= 11 is 1.71. The number of rotatable bonds is 6. The highest BCUT2D eigenvalue weighted by Gasteiger charge is 2.08. The molecule has 1 heterocycles. The van der Waals surface area contributed by atoms with E-state index >= 15 is 0 Å². The normalized spacial score (nSPS) is 12.8. The van der Waals surface area contributed by atoms with Gasteiger partial charge in [-0.1, -0.05) is 19.9 Å². The van der Waals surface area contributed by atoms with Gasteiger partial charge >= 0.3 is 0 Å². The summed E-state index contributed by atoms with van der Waals surface area (Å²) in [6, 6.07) is 4.34. The summed E-state index contributed by atoms with van der Waals surface area (Å²) in [6.45, 7) is 7.37. The highest BCUT2D eigenvalue weighted by Crippen LogP contribution is 2.17. The molecular weight excluding hydrogens is 220 g/mol. The molecule has 0 saturated carbocycles. The second-order valence-electron chi connectivity index (χ2n) is 4.32. The number of hydrogen-bond acceptors (Lipinski definition) is 3. The monoisotopic (exact) mass is 240 g/mol. The van der Waals surface area contributed by atoms with Crippen LogP contribution in [0.4, 0.5) is 0 Å². The summed E-state index contributed by atoms with van der Waals surface area (Å²) in [5.41, 5.74) is 0. The van der Waals surface area contributed by atoms with E-state index in [1.807, 2.05) is 11.4 Å². The van der Waals surface area contributed by atoms with Gasteiger partial charge in [-0.05, 0) is 24.3 Å².